The monoisotopic (exact) mass is 248 g/mol. The predicted molar refractivity (Wildman–Crippen MR) is 61.3 cm³/mol. The van der Waals surface area contributed by atoms with Crippen molar-refractivity contribution in [3.63, 3.8) is 0 Å². The molecule has 0 spiro atoms. The lowest BCUT2D eigenvalue weighted by Crippen LogP contribution is -2.23. The van der Waals surface area contributed by atoms with Crippen molar-refractivity contribution in [3.8, 4) is 0 Å². The Bertz CT molecular complexity index is 278. The van der Waals surface area contributed by atoms with E-state index in [2.05, 4.69) is 0 Å². The molecule has 92 valence electrons. The minimum absolute atomic E-state index is 0.204. The van der Waals surface area contributed by atoms with Crippen molar-refractivity contribution in [2.24, 2.45) is 0 Å². The molecule has 0 amide bonds. The van der Waals surface area contributed by atoms with Crippen LogP contribution in [0.1, 0.15) is 27.7 Å². The molecule has 0 aliphatic carbocycles. The Morgan fingerprint density at radius 3 is 2.38 bits per heavy atom. The molecule has 0 saturated carbocycles. The summed E-state index contributed by atoms with van der Waals surface area (Å²) in [5.41, 5.74) is -0.530. The van der Waals surface area contributed by atoms with Crippen LogP contribution in [0, 0.1) is 0 Å². The third-order valence-corrected chi connectivity index (χ3v) is 1.55. The number of hydrogen-bond acceptors (Lipinski definition) is 4. The molecule has 0 aromatic rings. The lowest BCUT2D eigenvalue weighted by Gasteiger charge is -2.18. The highest BCUT2D eigenvalue weighted by molar-refractivity contribution is 6.26. The summed E-state index contributed by atoms with van der Waals surface area (Å²) in [7, 11) is 0. The first-order valence-corrected chi connectivity index (χ1v) is 5.44. The van der Waals surface area contributed by atoms with Crippen molar-refractivity contribution in [2.75, 3.05) is 5.88 Å². The molecule has 4 nitrogen and oxygen atoms in total. The molecule has 1 unspecified atom stereocenters. The number of ether oxygens (including phenoxy) is 2. The first-order chi connectivity index (χ1) is 7.24. The van der Waals surface area contributed by atoms with Crippen molar-refractivity contribution < 1.29 is 19.1 Å². The van der Waals surface area contributed by atoms with Crippen LogP contribution in [0.3, 0.4) is 0 Å². The van der Waals surface area contributed by atoms with E-state index in [1.807, 2.05) is 0 Å². The molecule has 16 heavy (non-hydrogen) atoms. The van der Waals surface area contributed by atoms with Crippen LogP contribution in [0.5, 0.6) is 0 Å². The smallest absolute Gasteiger partial charge is 0.331 e. The molecule has 0 bridgehead atoms. The highest BCUT2D eigenvalue weighted by Gasteiger charge is 2.14. The van der Waals surface area contributed by atoms with Gasteiger partial charge in [0.1, 0.15) is 17.6 Å². The Morgan fingerprint density at radius 2 is 1.94 bits per heavy atom. The van der Waals surface area contributed by atoms with E-state index in [0.29, 0.717) is 0 Å². The van der Waals surface area contributed by atoms with E-state index in [0.717, 1.165) is 0 Å². The first-order valence-electron chi connectivity index (χ1n) is 4.91. The van der Waals surface area contributed by atoms with Crippen LogP contribution in [-0.4, -0.2) is 29.5 Å². The Kier molecular flexibility index (Phi) is 6.11. The van der Waals surface area contributed by atoms with E-state index in [1.165, 1.54) is 12.2 Å². The van der Waals surface area contributed by atoms with E-state index in [9.17, 15) is 9.59 Å². The molecule has 0 N–H and O–H groups in total. The summed E-state index contributed by atoms with van der Waals surface area (Å²) >= 11 is 5.26. The standard InChI is InChI=1S/C11H17ClO4/c1-8(15-10(14)7-12)5-6-9(13)16-11(2,3)4/h5-6,8H,7H2,1-4H3. The zero-order valence-corrected chi connectivity index (χ0v) is 10.7. The summed E-state index contributed by atoms with van der Waals surface area (Å²) in [6.45, 7) is 6.95. The van der Waals surface area contributed by atoms with E-state index < -0.39 is 23.6 Å². The van der Waals surface area contributed by atoms with Gasteiger partial charge in [-0.15, -0.1) is 11.6 Å². The number of alkyl halides is 1. The topological polar surface area (TPSA) is 52.6 Å². The summed E-state index contributed by atoms with van der Waals surface area (Å²) < 4.78 is 9.84. The predicted octanol–water partition coefficient (Wildman–Crippen LogP) is 2.05. The second kappa shape index (κ2) is 6.53. The van der Waals surface area contributed by atoms with Crippen LogP contribution >= 0.6 is 11.6 Å². The number of esters is 2. The zero-order valence-electron chi connectivity index (χ0n) is 9.95. The van der Waals surface area contributed by atoms with E-state index in [1.54, 1.807) is 27.7 Å². The SMILES string of the molecule is CC(C=CC(=O)OC(C)(C)C)OC(=O)CCl. The normalized spacial score (nSPS) is 13.6. The van der Waals surface area contributed by atoms with Crippen LogP contribution in [-0.2, 0) is 19.1 Å². The summed E-state index contributed by atoms with van der Waals surface area (Å²) in [6, 6.07) is 0. The van der Waals surface area contributed by atoms with Gasteiger partial charge in [0.05, 0.1) is 0 Å². The summed E-state index contributed by atoms with van der Waals surface area (Å²) in [5, 5.41) is 0. The highest BCUT2D eigenvalue weighted by atomic mass is 35.5. The van der Waals surface area contributed by atoms with Gasteiger partial charge in [0.15, 0.2) is 0 Å². The maximum Gasteiger partial charge on any atom is 0.331 e. The molecule has 0 aliphatic rings. The largest absolute Gasteiger partial charge is 0.458 e. The van der Waals surface area contributed by atoms with Crippen LogP contribution in [0.2, 0.25) is 0 Å². The van der Waals surface area contributed by atoms with Crippen LogP contribution < -0.4 is 0 Å². The van der Waals surface area contributed by atoms with Crippen LogP contribution in [0.4, 0.5) is 0 Å². The maximum absolute atomic E-state index is 11.2. The molecule has 0 rings (SSSR count). The first kappa shape index (κ1) is 15.0. The van der Waals surface area contributed by atoms with Crippen molar-refractivity contribution in [2.45, 2.75) is 39.4 Å². The van der Waals surface area contributed by atoms with Gasteiger partial charge in [-0.3, -0.25) is 4.79 Å². The Balaban J connectivity index is 4.08. The fraction of sp³-hybridized carbons (Fsp3) is 0.636. The summed E-state index contributed by atoms with van der Waals surface area (Å²) in [4.78, 5) is 22.0. The second-order valence-corrected chi connectivity index (χ2v) is 4.49. The Morgan fingerprint density at radius 1 is 1.38 bits per heavy atom. The third kappa shape index (κ3) is 8.29. The Hall–Kier alpha value is -1.03. The van der Waals surface area contributed by atoms with Gasteiger partial charge in [-0.2, -0.15) is 0 Å². The van der Waals surface area contributed by atoms with Gasteiger partial charge in [0, 0.05) is 6.08 Å². The molecule has 0 fully saturated rings. The second-order valence-electron chi connectivity index (χ2n) is 4.22. The molecule has 0 aromatic heterocycles. The molecule has 0 radical (unpaired) electrons. The van der Waals surface area contributed by atoms with Gasteiger partial charge in [0.25, 0.3) is 0 Å². The molecule has 0 aromatic carbocycles. The van der Waals surface area contributed by atoms with E-state index in [4.69, 9.17) is 21.1 Å². The van der Waals surface area contributed by atoms with Gasteiger partial charge < -0.3 is 9.47 Å². The highest BCUT2D eigenvalue weighted by Crippen LogP contribution is 2.07. The van der Waals surface area contributed by atoms with Crippen molar-refractivity contribution in [1.82, 2.24) is 0 Å². The molecule has 0 aliphatic heterocycles. The average molecular weight is 249 g/mol. The average Bonchev–Trinajstić information content (AvgIpc) is 2.12. The molecule has 0 saturated heterocycles. The number of halogens is 1. The van der Waals surface area contributed by atoms with Crippen molar-refractivity contribution >= 4 is 23.5 Å². The number of carbonyl (C=O) groups excluding carboxylic acids is 2. The number of hydrogen-bond donors (Lipinski definition) is 0. The number of rotatable bonds is 4. The van der Waals surface area contributed by atoms with Crippen molar-refractivity contribution in [3.05, 3.63) is 12.2 Å². The molecule has 0 heterocycles. The summed E-state index contributed by atoms with van der Waals surface area (Å²) in [5.74, 6) is -1.20. The number of carbonyl (C=O) groups is 2. The Labute approximate surface area is 101 Å². The van der Waals surface area contributed by atoms with Gasteiger partial charge in [-0.25, -0.2) is 4.79 Å². The van der Waals surface area contributed by atoms with E-state index >= 15 is 0 Å². The quantitative estimate of drug-likeness (QED) is 0.434. The lowest BCUT2D eigenvalue weighted by molar-refractivity contribution is -0.149. The van der Waals surface area contributed by atoms with Gasteiger partial charge >= 0.3 is 11.9 Å². The zero-order chi connectivity index (χ0) is 12.8. The fourth-order valence-corrected chi connectivity index (χ4v) is 0.891. The minimum Gasteiger partial charge on any atom is -0.458 e. The van der Waals surface area contributed by atoms with Crippen molar-refractivity contribution in [1.29, 1.82) is 0 Å². The minimum atomic E-state index is -0.530. The molecular formula is C11H17ClO4. The van der Waals surface area contributed by atoms with Crippen LogP contribution in [0.25, 0.3) is 0 Å². The third-order valence-electron chi connectivity index (χ3n) is 1.34. The molecule has 1 atom stereocenters. The summed E-state index contributed by atoms with van der Waals surface area (Å²) in [6.07, 6.45) is 2.18. The lowest BCUT2D eigenvalue weighted by atomic mass is 10.2. The van der Waals surface area contributed by atoms with Gasteiger partial charge in [-0.1, -0.05) is 0 Å². The van der Waals surface area contributed by atoms with E-state index in [-0.39, 0.29) is 5.88 Å². The van der Waals surface area contributed by atoms with Crippen LogP contribution in [0.15, 0.2) is 12.2 Å². The van der Waals surface area contributed by atoms with Gasteiger partial charge in [0.2, 0.25) is 0 Å². The molecule has 5 heteroatoms. The fourth-order valence-electron chi connectivity index (χ4n) is 0.828. The molecular weight excluding hydrogens is 232 g/mol. The maximum atomic E-state index is 11.2. The van der Waals surface area contributed by atoms with Gasteiger partial charge in [-0.05, 0) is 33.8 Å².